The monoisotopic (exact) mass is 203 g/mol. The minimum Gasteiger partial charge on any atom is -0.120 e. The number of rotatable bonds is 1. The van der Waals surface area contributed by atoms with Crippen LogP contribution in [0.25, 0.3) is 0 Å². The molecule has 1 radical (unpaired) electrons. The molecule has 0 saturated carbocycles. The van der Waals surface area contributed by atoms with E-state index in [-0.39, 0.29) is 0 Å². The van der Waals surface area contributed by atoms with Crippen LogP contribution in [-0.4, -0.2) is 3.92 Å². The van der Waals surface area contributed by atoms with E-state index in [1.54, 1.807) is 5.88 Å². The molecule has 5 heavy (non-hydrogen) atoms. The third kappa shape index (κ3) is 5.02. The maximum absolute atomic E-state index is 5.20. The standard InChI is InChI=1S/C3H5ClI/c1-3(5)2-4/h2-3H,1H3. The molecule has 0 amide bonds. The lowest BCUT2D eigenvalue weighted by Gasteiger charge is -1.85. The van der Waals surface area contributed by atoms with Crippen molar-refractivity contribution in [2.45, 2.75) is 10.8 Å². The van der Waals surface area contributed by atoms with Crippen molar-refractivity contribution in [1.29, 1.82) is 0 Å². The van der Waals surface area contributed by atoms with Crippen LogP contribution < -0.4 is 0 Å². The van der Waals surface area contributed by atoms with Crippen LogP contribution in [0.5, 0.6) is 0 Å². The molecule has 0 saturated heterocycles. The summed E-state index contributed by atoms with van der Waals surface area (Å²) >= 11 is 7.42. The van der Waals surface area contributed by atoms with Crippen molar-refractivity contribution in [3.63, 3.8) is 0 Å². The topological polar surface area (TPSA) is 0 Å². The fourth-order valence-corrected chi connectivity index (χ4v) is 0. The molecule has 0 aliphatic carbocycles. The first kappa shape index (κ1) is 6.02. The van der Waals surface area contributed by atoms with Crippen molar-refractivity contribution in [2.24, 2.45) is 0 Å². The SMILES string of the molecule is CC(I)[CH]Cl. The molecule has 1 atom stereocenters. The number of alkyl halides is 1. The van der Waals surface area contributed by atoms with E-state index in [0.717, 1.165) is 0 Å². The lowest BCUT2D eigenvalue weighted by atomic mass is 10.6. The van der Waals surface area contributed by atoms with Crippen LogP contribution in [0.15, 0.2) is 0 Å². The van der Waals surface area contributed by atoms with Gasteiger partial charge in [0.25, 0.3) is 0 Å². The van der Waals surface area contributed by atoms with Crippen molar-refractivity contribution < 1.29 is 0 Å². The molecule has 0 heterocycles. The van der Waals surface area contributed by atoms with Crippen LogP contribution >= 0.6 is 34.2 Å². The van der Waals surface area contributed by atoms with Crippen LogP contribution in [0.2, 0.25) is 0 Å². The summed E-state index contributed by atoms with van der Waals surface area (Å²) in [6.45, 7) is 2.02. The number of hydrogen-bond acceptors (Lipinski definition) is 0. The lowest BCUT2D eigenvalue weighted by molar-refractivity contribution is 1.27. The van der Waals surface area contributed by atoms with E-state index in [9.17, 15) is 0 Å². The van der Waals surface area contributed by atoms with E-state index in [2.05, 4.69) is 22.6 Å². The summed E-state index contributed by atoms with van der Waals surface area (Å²) in [5.41, 5.74) is 0. The molecule has 1 unspecified atom stereocenters. The Morgan fingerprint density at radius 1 is 2.00 bits per heavy atom. The maximum Gasteiger partial charge on any atom is 0.0624 e. The van der Waals surface area contributed by atoms with Crippen molar-refractivity contribution in [2.75, 3.05) is 0 Å². The summed E-state index contributed by atoms with van der Waals surface area (Å²) in [5.74, 6) is 1.63. The second kappa shape index (κ2) is 3.22. The maximum atomic E-state index is 5.20. The highest BCUT2D eigenvalue weighted by Gasteiger charge is 1.85. The van der Waals surface area contributed by atoms with Gasteiger partial charge in [0.2, 0.25) is 0 Å². The Kier molecular flexibility index (Phi) is 3.88. The molecule has 0 nitrogen and oxygen atoms in total. The average Bonchev–Trinajstić information content (AvgIpc) is 1.38. The van der Waals surface area contributed by atoms with Gasteiger partial charge < -0.3 is 0 Å². The van der Waals surface area contributed by atoms with Gasteiger partial charge in [-0.1, -0.05) is 29.5 Å². The molecule has 0 aliphatic rings. The smallest absolute Gasteiger partial charge is 0.0624 e. The molecule has 0 aromatic carbocycles. The van der Waals surface area contributed by atoms with Crippen LogP contribution in [-0.2, 0) is 0 Å². The summed E-state index contributed by atoms with van der Waals surface area (Å²) in [6.07, 6.45) is 0. The van der Waals surface area contributed by atoms with Crippen molar-refractivity contribution in [3.8, 4) is 0 Å². The van der Waals surface area contributed by atoms with Crippen molar-refractivity contribution in [1.82, 2.24) is 0 Å². The summed E-state index contributed by atoms with van der Waals surface area (Å²) in [4.78, 5) is 0. The van der Waals surface area contributed by atoms with Gasteiger partial charge in [-0.05, 0) is 0 Å². The van der Waals surface area contributed by atoms with Crippen LogP contribution in [0.3, 0.4) is 0 Å². The van der Waals surface area contributed by atoms with Crippen molar-refractivity contribution >= 4 is 34.2 Å². The van der Waals surface area contributed by atoms with E-state index < -0.39 is 0 Å². The number of halogens is 2. The fourth-order valence-electron chi connectivity index (χ4n) is 0. The Balaban J connectivity index is 2.54. The summed E-state index contributed by atoms with van der Waals surface area (Å²) in [7, 11) is 0. The lowest BCUT2D eigenvalue weighted by Crippen LogP contribution is -1.78. The van der Waals surface area contributed by atoms with E-state index in [1.807, 2.05) is 6.92 Å². The predicted octanol–water partition coefficient (Wildman–Crippen LogP) is 2.21. The quantitative estimate of drug-likeness (QED) is 0.453. The normalized spacial score (nSPS) is 15.0. The minimum absolute atomic E-state index is 0.495. The van der Waals surface area contributed by atoms with Crippen LogP contribution in [0.4, 0.5) is 0 Å². The summed E-state index contributed by atoms with van der Waals surface area (Å²) < 4.78 is 0.495. The molecule has 0 N–H and O–H groups in total. The molecular weight excluding hydrogens is 198 g/mol. The van der Waals surface area contributed by atoms with Gasteiger partial charge in [-0.3, -0.25) is 0 Å². The molecule has 2 heteroatoms. The van der Waals surface area contributed by atoms with Crippen LogP contribution in [0, 0.1) is 5.88 Å². The first-order valence-electron chi connectivity index (χ1n) is 1.35. The second-order valence-electron chi connectivity index (χ2n) is 0.804. The van der Waals surface area contributed by atoms with Gasteiger partial charge in [-0.2, -0.15) is 0 Å². The Bertz CT molecular complexity index is 20.9. The first-order chi connectivity index (χ1) is 2.27. The molecular formula is C3H5ClI. The molecule has 0 rings (SSSR count). The molecule has 0 fully saturated rings. The van der Waals surface area contributed by atoms with E-state index in [1.165, 1.54) is 0 Å². The molecule has 0 bridgehead atoms. The third-order valence-corrected chi connectivity index (χ3v) is 1.34. The zero-order chi connectivity index (χ0) is 4.28. The first-order valence-corrected chi connectivity index (χ1v) is 3.03. The van der Waals surface area contributed by atoms with E-state index in [0.29, 0.717) is 3.92 Å². The van der Waals surface area contributed by atoms with Gasteiger partial charge in [0, 0.05) is 3.92 Å². The zero-order valence-electron chi connectivity index (χ0n) is 2.91. The average molecular weight is 203 g/mol. The molecule has 31 valence electrons. The van der Waals surface area contributed by atoms with Crippen molar-refractivity contribution in [3.05, 3.63) is 5.88 Å². The highest BCUT2D eigenvalue weighted by Crippen LogP contribution is 2.03. The van der Waals surface area contributed by atoms with Gasteiger partial charge in [0.1, 0.15) is 0 Å². The fraction of sp³-hybridized carbons (Fsp3) is 0.667. The Hall–Kier alpha value is 1.02. The van der Waals surface area contributed by atoms with Gasteiger partial charge in [0.15, 0.2) is 0 Å². The highest BCUT2D eigenvalue weighted by molar-refractivity contribution is 14.1. The van der Waals surface area contributed by atoms with E-state index in [4.69, 9.17) is 11.6 Å². The Labute approximate surface area is 51.0 Å². The van der Waals surface area contributed by atoms with E-state index >= 15 is 0 Å². The van der Waals surface area contributed by atoms with Gasteiger partial charge >= 0.3 is 0 Å². The van der Waals surface area contributed by atoms with Gasteiger partial charge in [-0.25, -0.2) is 0 Å². The summed E-state index contributed by atoms with van der Waals surface area (Å²) in [5, 5.41) is 0. The Morgan fingerprint density at radius 2 is 2.20 bits per heavy atom. The molecule has 0 aliphatic heterocycles. The minimum atomic E-state index is 0.495. The largest absolute Gasteiger partial charge is 0.120 e. The molecule has 0 aromatic heterocycles. The molecule has 0 spiro atoms. The van der Waals surface area contributed by atoms with Crippen LogP contribution in [0.1, 0.15) is 6.92 Å². The predicted molar refractivity (Wildman–Crippen MR) is 33.6 cm³/mol. The Morgan fingerprint density at radius 3 is 2.20 bits per heavy atom. The summed E-state index contributed by atoms with van der Waals surface area (Å²) in [6, 6.07) is 0. The second-order valence-corrected chi connectivity index (χ2v) is 3.02. The van der Waals surface area contributed by atoms with Gasteiger partial charge in [0.05, 0.1) is 5.88 Å². The zero-order valence-corrected chi connectivity index (χ0v) is 5.82. The third-order valence-electron chi connectivity index (χ3n) is 0.174. The highest BCUT2D eigenvalue weighted by atomic mass is 127. The molecule has 0 aromatic rings. The van der Waals surface area contributed by atoms with Gasteiger partial charge in [-0.15, -0.1) is 11.6 Å². The number of hydrogen-bond donors (Lipinski definition) is 0.